The minimum absolute atomic E-state index is 0.364. The van der Waals surface area contributed by atoms with Crippen LogP contribution in [-0.4, -0.2) is 10.2 Å². The van der Waals surface area contributed by atoms with Gasteiger partial charge in [0.05, 0.1) is 0 Å². The van der Waals surface area contributed by atoms with Gasteiger partial charge in [0.1, 0.15) is 0 Å². The molecule has 3 aromatic rings. The van der Waals surface area contributed by atoms with Gasteiger partial charge >= 0.3 is 0 Å². The van der Waals surface area contributed by atoms with Crippen molar-refractivity contribution in [3.8, 4) is 0 Å². The van der Waals surface area contributed by atoms with Crippen LogP contribution in [0.25, 0.3) is 0 Å². The Morgan fingerprint density at radius 2 is 1.65 bits per heavy atom. The van der Waals surface area contributed by atoms with E-state index in [0.29, 0.717) is 6.04 Å². The van der Waals surface area contributed by atoms with E-state index >= 15 is 0 Å². The van der Waals surface area contributed by atoms with Crippen molar-refractivity contribution < 1.29 is 0 Å². The van der Waals surface area contributed by atoms with E-state index in [1.165, 1.54) is 17.5 Å². The molecule has 2 aromatic carbocycles. The van der Waals surface area contributed by atoms with Crippen LogP contribution in [0.15, 0.2) is 72.9 Å². The van der Waals surface area contributed by atoms with Crippen molar-refractivity contribution in [2.45, 2.75) is 31.8 Å². The molecular formula is C20H23N3. The second kappa shape index (κ2) is 8.30. The molecule has 1 unspecified atom stereocenters. The normalized spacial score (nSPS) is 12.2. The Kier molecular flexibility index (Phi) is 5.59. The van der Waals surface area contributed by atoms with Gasteiger partial charge in [-0.3, -0.25) is 5.10 Å². The van der Waals surface area contributed by atoms with Crippen molar-refractivity contribution in [1.82, 2.24) is 15.5 Å². The van der Waals surface area contributed by atoms with Crippen LogP contribution in [0.1, 0.15) is 35.7 Å². The number of hydrogen-bond donors (Lipinski definition) is 2. The summed E-state index contributed by atoms with van der Waals surface area (Å²) in [7, 11) is 0. The molecule has 0 amide bonds. The number of nitrogens with one attached hydrogen (secondary N) is 2. The van der Waals surface area contributed by atoms with Gasteiger partial charge < -0.3 is 5.32 Å². The number of aromatic nitrogens is 2. The molecule has 0 fully saturated rings. The fraction of sp³-hybridized carbons (Fsp3) is 0.250. The highest BCUT2D eigenvalue weighted by Crippen LogP contribution is 2.20. The molecule has 0 aliphatic heterocycles. The maximum absolute atomic E-state index is 4.01. The number of hydrogen-bond acceptors (Lipinski definition) is 2. The summed E-state index contributed by atoms with van der Waals surface area (Å²) < 4.78 is 0. The number of aryl methyl sites for hydroxylation is 1. The van der Waals surface area contributed by atoms with Gasteiger partial charge in [0.2, 0.25) is 0 Å². The lowest BCUT2D eigenvalue weighted by atomic mass is 9.99. The molecular weight excluding hydrogens is 282 g/mol. The van der Waals surface area contributed by atoms with Gasteiger partial charge in [-0.2, -0.15) is 5.10 Å². The molecule has 0 saturated carbocycles. The van der Waals surface area contributed by atoms with Crippen molar-refractivity contribution in [1.29, 1.82) is 0 Å². The summed E-state index contributed by atoms with van der Waals surface area (Å²) in [5, 5.41) is 10.7. The van der Waals surface area contributed by atoms with Gasteiger partial charge in [-0.25, -0.2) is 0 Å². The molecule has 3 rings (SSSR count). The summed E-state index contributed by atoms with van der Waals surface area (Å²) in [6.45, 7) is 0.810. The molecule has 0 saturated heterocycles. The maximum atomic E-state index is 4.01. The zero-order chi connectivity index (χ0) is 15.7. The fourth-order valence-corrected chi connectivity index (χ4v) is 2.84. The first kappa shape index (κ1) is 15.5. The standard InChI is InChI=1S/C20H23N3/c1-3-8-17(9-4-1)10-7-13-20(18-11-5-2-6-12-18)21-16-19-14-15-22-23-19/h1-6,8-9,11-12,14-15,20-21H,7,10,13,16H2,(H,22,23). The monoisotopic (exact) mass is 305 g/mol. The molecule has 1 atom stereocenters. The summed E-state index contributed by atoms with van der Waals surface area (Å²) in [5.74, 6) is 0. The summed E-state index contributed by atoms with van der Waals surface area (Å²) in [4.78, 5) is 0. The first-order valence-electron chi connectivity index (χ1n) is 8.22. The molecule has 0 aliphatic carbocycles. The Morgan fingerprint density at radius 3 is 2.35 bits per heavy atom. The van der Waals surface area contributed by atoms with E-state index in [0.717, 1.165) is 25.1 Å². The van der Waals surface area contributed by atoms with Gasteiger partial charge in [0.15, 0.2) is 0 Å². The van der Waals surface area contributed by atoms with Crippen molar-refractivity contribution in [2.75, 3.05) is 0 Å². The lowest BCUT2D eigenvalue weighted by Crippen LogP contribution is -2.21. The Hall–Kier alpha value is -2.39. The highest BCUT2D eigenvalue weighted by atomic mass is 15.1. The van der Waals surface area contributed by atoms with Gasteiger partial charge in [-0.05, 0) is 36.5 Å². The van der Waals surface area contributed by atoms with E-state index in [9.17, 15) is 0 Å². The van der Waals surface area contributed by atoms with Crippen LogP contribution in [0.5, 0.6) is 0 Å². The zero-order valence-corrected chi connectivity index (χ0v) is 13.3. The van der Waals surface area contributed by atoms with Crippen LogP contribution in [0.3, 0.4) is 0 Å². The Labute approximate surface area is 137 Å². The van der Waals surface area contributed by atoms with E-state index in [1.54, 1.807) is 6.20 Å². The van der Waals surface area contributed by atoms with Crippen molar-refractivity contribution in [3.05, 3.63) is 89.7 Å². The third kappa shape index (κ3) is 4.80. The molecule has 23 heavy (non-hydrogen) atoms. The average molecular weight is 305 g/mol. The molecule has 3 heteroatoms. The van der Waals surface area contributed by atoms with E-state index in [1.807, 2.05) is 6.07 Å². The Bertz CT molecular complexity index is 663. The smallest absolute Gasteiger partial charge is 0.0490 e. The first-order valence-corrected chi connectivity index (χ1v) is 8.22. The van der Waals surface area contributed by atoms with E-state index < -0.39 is 0 Å². The molecule has 3 nitrogen and oxygen atoms in total. The van der Waals surface area contributed by atoms with Gasteiger partial charge in [0, 0.05) is 24.5 Å². The topological polar surface area (TPSA) is 40.7 Å². The fourth-order valence-electron chi connectivity index (χ4n) is 2.84. The molecule has 0 spiro atoms. The lowest BCUT2D eigenvalue weighted by Gasteiger charge is -2.19. The van der Waals surface area contributed by atoms with E-state index in [2.05, 4.69) is 76.2 Å². The summed E-state index contributed by atoms with van der Waals surface area (Å²) in [6, 6.07) is 23.8. The van der Waals surface area contributed by atoms with Gasteiger partial charge in [-0.1, -0.05) is 60.7 Å². The highest BCUT2D eigenvalue weighted by Gasteiger charge is 2.11. The molecule has 0 radical (unpaired) electrons. The minimum atomic E-state index is 0.364. The number of rotatable bonds is 8. The quantitative estimate of drug-likeness (QED) is 0.652. The second-order valence-corrected chi connectivity index (χ2v) is 5.80. The Morgan fingerprint density at radius 1 is 0.913 bits per heavy atom. The number of benzene rings is 2. The van der Waals surface area contributed by atoms with Crippen LogP contribution in [-0.2, 0) is 13.0 Å². The maximum Gasteiger partial charge on any atom is 0.0490 e. The van der Waals surface area contributed by atoms with Crippen LogP contribution < -0.4 is 5.32 Å². The van der Waals surface area contributed by atoms with Crippen LogP contribution >= 0.6 is 0 Å². The molecule has 0 bridgehead atoms. The van der Waals surface area contributed by atoms with E-state index in [4.69, 9.17) is 0 Å². The third-order valence-corrected chi connectivity index (χ3v) is 4.10. The van der Waals surface area contributed by atoms with Crippen molar-refractivity contribution in [3.63, 3.8) is 0 Å². The highest BCUT2D eigenvalue weighted by molar-refractivity contribution is 5.19. The predicted molar refractivity (Wildman–Crippen MR) is 94.0 cm³/mol. The van der Waals surface area contributed by atoms with Crippen LogP contribution in [0, 0.1) is 0 Å². The zero-order valence-electron chi connectivity index (χ0n) is 13.3. The number of H-pyrrole nitrogens is 1. The summed E-state index contributed by atoms with van der Waals surface area (Å²) in [5.41, 5.74) is 3.88. The molecule has 118 valence electrons. The largest absolute Gasteiger partial charge is 0.304 e. The van der Waals surface area contributed by atoms with Crippen LogP contribution in [0.4, 0.5) is 0 Å². The van der Waals surface area contributed by atoms with Gasteiger partial charge in [-0.15, -0.1) is 0 Å². The lowest BCUT2D eigenvalue weighted by molar-refractivity contribution is 0.480. The predicted octanol–water partition coefficient (Wildman–Crippen LogP) is 4.26. The SMILES string of the molecule is c1ccc(CCCC(NCc2ccn[nH]2)c2ccccc2)cc1. The first-order chi connectivity index (χ1) is 11.4. The summed E-state index contributed by atoms with van der Waals surface area (Å²) >= 11 is 0. The Balaban J connectivity index is 1.58. The molecule has 1 heterocycles. The number of aromatic amines is 1. The van der Waals surface area contributed by atoms with Crippen molar-refractivity contribution >= 4 is 0 Å². The summed E-state index contributed by atoms with van der Waals surface area (Å²) in [6.07, 6.45) is 5.20. The minimum Gasteiger partial charge on any atom is -0.304 e. The van der Waals surface area contributed by atoms with Crippen molar-refractivity contribution in [2.24, 2.45) is 0 Å². The van der Waals surface area contributed by atoms with E-state index in [-0.39, 0.29) is 0 Å². The second-order valence-electron chi connectivity index (χ2n) is 5.80. The molecule has 2 N–H and O–H groups in total. The third-order valence-electron chi connectivity index (χ3n) is 4.10. The van der Waals surface area contributed by atoms with Gasteiger partial charge in [0.25, 0.3) is 0 Å². The van der Waals surface area contributed by atoms with Crippen LogP contribution in [0.2, 0.25) is 0 Å². The average Bonchev–Trinajstić information content (AvgIpc) is 3.13. The number of nitrogens with zero attached hydrogens (tertiary/aromatic N) is 1. The molecule has 1 aromatic heterocycles. The molecule has 0 aliphatic rings.